The van der Waals surface area contributed by atoms with Crippen molar-refractivity contribution in [1.82, 2.24) is 4.98 Å². The Labute approximate surface area is 73.6 Å². The van der Waals surface area contributed by atoms with Gasteiger partial charge in [-0.2, -0.15) is 9.98 Å². The molecule has 0 radical (unpaired) electrons. The summed E-state index contributed by atoms with van der Waals surface area (Å²) in [5.41, 5.74) is 0.498. The first-order chi connectivity index (χ1) is 5.72. The van der Waals surface area contributed by atoms with Crippen LogP contribution in [0, 0.1) is 11.3 Å². The van der Waals surface area contributed by atoms with E-state index >= 15 is 0 Å². The molecule has 1 heterocycles. The number of nitrogens with zero attached hydrogens (tertiary/aromatic N) is 2. The van der Waals surface area contributed by atoms with Crippen LogP contribution in [0.4, 0.5) is 5.82 Å². The van der Waals surface area contributed by atoms with Gasteiger partial charge in [0, 0.05) is 12.3 Å². The van der Waals surface area contributed by atoms with E-state index in [1.54, 1.807) is 12.1 Å². The molecule has 0 saturated heterocycles. The zero-order valence-electron chi connectivity index (χ0n) is 6.44. The predicted octanol–water partition coefficient (Wildman–Crippen LogP) is 0.659. The normalized spacial score (nSPS) is 11.8. The maximum absolute atomic E-state index is 10.7. The molecule has 0 amide bonds. The highest BCUT2D eigenvalue weighted by atomic mass is 32.2. The van der Waals surface area contributed by atoms with Crippen LogP contribution >= 0.6 is 0 Å². The highest BCUT2D eigenvalue weighted by Crippen LogP contribution is 2.06. The minimum atomic E-state index is -1.15. The van der Waals surface area contributed by atoms with Gasteiger partial charge < -0.3 is 4.55 Å². The molecule has 0 spiro atoms. The number of hydrogen-bond donors (Lipinski definition) is 1. The van der Waals surface area contributed by atoms with Crippen molar-refractivity contribution in [2.75, 3.05) is 11.0 Å². The second-order valence-electron chi connectivity index (χ2n) is 2.10. The summed E-state index contributed by atoms with van der Waals surface area (Å²) < 4.78 is 13.3. The third kappa shape index (κ3) is 2.42. The number of hydrogen-bond acceptors (Lipinski definition) is 4. The fraction of sp³-hybridized carbons (Fsp3) is 0.143. The second kappa shape index (κ2) is 3.95. The molecule has 12 heavy (non-hydrogen) atoms. The number of nitrogens with one attached hydrogen (secondary N) is 1. The van der Waals surface area contributed by atoms with Crippen LogP contribution < -0.4 is 4.72 Å². The van der Waals surface area contributed by atoms with Crippen molar-refractivity contribution >= 4 is 17.2 Å². The van der Waals surface area contributed by atoms with E-state index in [1.807, 2.05) is 6.07 Å². The topological polar surface area (TPSA) is 71.8 Å². The number of rotatable bonds is 2. The number of nitriles is 1. The third-order valence-electron chi connectivity index (χ3n) is 1.14. The Balaban J connectivity index is 2.81. The Hall–Kier alpha value is -1.25. The molecule has 1 N–H and O–H groups in total. The highest BCUT2D eigenvalue weighted by molar-refractivity contribution is 7.92. The lowest BCUT2D eigenvalue weighted by molar-refractivity contribution is 0.605. The average molecular weight is 181 g/mol. The van der Waals surface area contributed by atoms with Crippen molar-refractivity contribution in [2.24, 2.45) is 0 Å². The molecule has 4 nitrogen and oxygen atoms in total. The SMILES string of the molecule is C[S+]([O-])Nc1cc(C#N)ccn1. The number of pyridine rings is 1. The van der Waals surface area contributed by atoms with E-state index < -0.39 is 11.4 Å². The van der Waals surface area contributed by atoms with Crippen LogP contribution in [0.15, 0.2) is 18.3 Å². The molecule has 0 aliphatic rings. The molecule has 1 aromatic heterocycles. The minimum absolute atomic E-state index is 0.454. The fourth-order valence-corrected chi connectivity index (χ4v) is 1.11. The maximum Gasteiger partial charge on any atom is 0.171 e. The van der Waals surface area contributed by atoms with Gasteiger partial charge in [-0.25, -0.2) is 4.98 Å². The lowest BCUT2D eigenvalue weighted by Crippen LogP contribution is -2.10. The lowest BCUT2D eigenvalue weighted by atomic mass is 10.3. The molecular weight excluding hydrogens is 174 g/mol. The molecule has 0 saturated carbocycles. The van der Waals surface area contributed by atoms with E-state index in [1.165, 1.54) is 12.5 Å². The van der Waals surface area contributed by atoms with Gasteiger partial charge in [-0.1, -0.05) is 0 Å². The van der Waals surface area contributed by atoms with Crippen LogP contribution in [-0.4, -0.2) is 15.8 Å². The maximum atomic E-state index is 10.7. The molecule has 5 heteroatoms. The smallest absolute Gasteiger partial charge is 0.171 e. The quantitative estimate of drug-likeness (QED) is 0.680. The molecule has 0 fully saturated rings. The standard InChI is InChI=1S/C7H7N3OS/c1-12(11)10-7-4-6(5-8)2-3-9-7/h2-4H,1H3,(H,9,10). The summed E-state index contributed by atoms with van der Waals surface area (Å²) in [6.07, 6.45) is 2.99. The van der Waals surface area contributed by atoms with Crippen molar-refractivity contribution in [2.45, 2.75) is 0 Å². The monoisotopic (exact) mass is 181 g/mol. The molecule has 1 atom stereocenters. The molecule has 0 aliphatic heterocycles. The summed E-state index contributed by atoms with van der Waals surface area (Å²) in [5, 5.41) is 8.51. The number of anilines is 1. The van der Waals surface area contributed by atoms with Crippen LogP contribution in [0.25, 0.3) is 0 Å². The molecule has 0 aliphatic carbocycles. The van der Waals surface area contributed by atoms with E-state index in [-0.39, 0.29) is 0 Å². The molecule has 1 aromatic rings. The third-order valence-corrected chi connectivity index (χ3v) is 1.63. The van der Waals surface area contributed by atoms with Crippen molar-refractivity contribution < 1.29 is 4.55 Å². The zero-order chi connectivity index (χ0) is 8.97. The Morgan fingerprint density at radius 2 is 2.50 bits per heavy atom. The minimum Gasteiger partial charge on any atom is -0.593 e. The van der Waals surface area contributed by atoms with Gasteiger partial charge in [0.05, 0.1) is 23.0 Å². The second-order valence-corrected chi connectivity index (χ2v) is 3.21. The first kappa shape index (κ1) is 8.84. The predicted molar refractivity (Wildman–Crippen MR) is 46.6 cm³/mol. The summed E-state index contributed by atoms with van der Waals surface area (Å²) in [5.74, 6) is 0.454. The summed E-state index contributed by atoms with van der Waals surface area (Å²) >= 11 is -1.15. The Morgan fingerprint density at radius 3 is 3.08 bits per heavy atom. The van der Waals surface area contributed by atoms with Gasteiger partial charge in [-0.15, -0.1) is 0 Å². The van der Waals surface area contributed by atoms with Crippen molar-refractivity contribution in [1.29, 1.82) is 5.26 Å². The fourth-order valence-electron chi connectivity index (χ4n) is 0.703. The van der Waals surface area contributed by atoms with E-state index in [2.05, 4.69) is 9.71 Å². The van der Waals surface area contributed by atoms with Gasteiger partial charge in [0.2, 0.25) is 0 Å². The van der Waals surface area contributed by atoms with Crippen LogP contribution in [0.3, 0.4) is 0 Å². The molecule has 1 unspecified atom stereocenters. The highest BCUT2D eigenvalue weighted by Gasteiger charge is 2.00. The van der Waals surface area contributed by atoms with Crippen LogP contribution in [0.1, 0.15) is 5.56 Å². The van der Waals surface area contributed by atoms with Crippen LogP contribution in [0.2, 0.25) is 0 Å². The van der Waals surface area contributed by atoms with Gasteiger partial charge in [0.1, 0.15) is 6.26 Å². The first-order valence-electron chi connectivity index (χ1n) is 3.18. The van der Waals surface area contributed by atoms with Crippen molar-refractivity contribution in [3.05, 3.63) is 23.9 Å². The van der Waals surface area contributed by atoms with E-state index in [0.717, 1.165) is 0 Å². The van der Waals surface area contributed by atoms with Crippen LogP contribution in [-0.2, 0) is 11.4 Å². The van der Waals surface area contributed by atoms with Crippen molar-refractivity contribution in [3.8, 4) is 6.07 Å². The summed E-state index contributed by atoms with van der Waals surface area (Å²) in [6, 6.07) is 5.09. The van der Waals surface area contributed by atoms with Gasteiger partial charge >= 0.3 is 0 Å². The Morgan fingerprint density at radius 1 is 1.75 bits per heavy atom. The van der Waals surface area contributed by atoms with Gasteiger partial charge in [0.15, 0.2) is 5.82 Å². The first-order valence-corrected chi connectivity index (χ1v) is 4.74. The summed E-state index contributed by atoms with van der Waals surface area (Å²) in [6.45, 7) is 0. The van der Waals surface area contributed by atoms with Crippen LogP contribution in [0.5, 0.6) is 0 Å². The Bertz CT molecular complexity index is 308. The average Bonchev–Trinajstić information content (AvgIpc) is 2.03. The van der Waals surface area contributed by atoms with Gasteiger partial charge in [0.25, 0.3) is 0 Å². The van der Waals surface area contributed by atoms with E-state index in [4.69, 9.17) is 5.26 Å². The number of aromatic nitrogens is 1. The molecule has 0 bridgehead atoms. The Kier molecular flexibility index (Phi) is 2.91. The molecule has 1 rings (SSSR count). The molecule has 0 aromatic carbocycles. The van der Waals surface area contributed by atoms with Gasteiger partial charge in [-0.3, -0.25) is 0 Å². The van der Waals surface area contributed by atoms with Crippen molar-refractivity contribution in [3.63, 3.8) is 0 Å². The van der Waals surface area contributed by atoms with Gasteiger partial charge in [-0.05, 0) is 6.07 Å². The molecular formula is C7H7N3OS. The van der Waals surface area contributed by atoms with E-state index in [9.17, 15) is 4.55 Å². The summed E-state index contributed by atoms with van der Waals surface area (Å²) in [4.78, 5) is 3.87. The largest absolute Gasteiger partial charge is 0.593 e. The summed E-state index contributed by atoms with van der Waals surface area (Å²) in [7, 11) is 0. The van der Waals surface area contributed by atoms with E-state index in [0.29, 0.717) is 11.4 Å². The lowest BCUT2D eigenvalue weighted by Gasteiger charge is -2.05. The molecule has 62 valence electrons. The zero-order valence-corrected chi connectivity index (χ0v) is 7.26.